The molecule has 2 N–H and O–H groups in total. The van der Waals surface area contributed by atoms with Gasteiger partial charge in [0.1, 0.15) is 0 Å². The van der Waals surface area contributed by atoms with Gasteiger partial charge in [0.05, 0.1) is 4.90 Å². The number of benzene rings is 1. The molecule has 0 aromatic heterocycles. The smallest absolute Gasteiger partial charge is 0.243 e. The number of rotatable bonds is 4. The molecule has 0 spiro atoms. The van der Waals surface area contributed by atoms with Gasteiger partial charge in [-0.05, 0) is 24.1 Å². The molecule has 0 aliphatic rings. The Morgan fingerprint density at radius 1 is 1.38 bits per heavy atom. The molecule has 0 saturated carbocycles. The Balaban J connectivity index is 3.34. The van der Waals surface area contributed by atoms with Gasteiger partial charge in [-0.1, -0.05) is 19.1 Å². The molecule has 0 unspecified atom stereocenters. The van der Waals surface area contributed by atoms with Crippen LogP contribution in [0.4, 0.5) is 0 Å². The van der Waals surface area contributed by atoms with Crippen molar-refractivity contribution in [3.8, 4) is 0 Å². The van der Waals surface area contributed by atoms with Crippen molar-refractivity contribution in [1.82, 2.24) is 4.31 Å². The molecule has 1 aromatic carbocycles. The third-order valence-electron chi connectivity index (χ3n) is 2.75. The lowest BCUT2D eigenvalue weighted by Gasteiger charge is -2.17. The van der Waals surface area contributed by atoms with E-state index in [0.717, 1.165) is 11.1 Å². The van der Waals surface area contributed by atoms with Gasteiger partial charge in [-0.25, -0.2) is 12.7 Å². The Morgan fingerprint density at radius 3 is 2.50 bits per heavy atom. The van der Waals surface area contributed by atoms with Gasteiger partial charge in [0.15, 0.2) is 0 Å². The van der Waals surface area contributed by atoms with E-state index in [4.69, 9.17) is 5.73 Å². The molecule has 1 rings (SSSR count). The normalized spacial score (nSPS) is 12.1. The molecular formula is C11H18N2O2S. The first-order valence-electron chi connectivity index (χ1n) is 5.20. The Hall–Kier alpha value is -0.910. The maximum Gasteiger partial charge on any atom is 0.243 e. The lowest BCUT2D eigenvalue weighted by Crippen LogP contribution is -2.27. The van der Waals surface area contributed by atoms with Crippen molar-refractivity contribution >= 4 is 10.0 Å². The molecule has 0 aliphatic heterocycles. The van der Waals surface area contributed by atoms with Crippen molar-refractivity contribution < 1.29 is 8.42 Å². The van der Waals surface area contributed by atoms with E-state index in [-0.39, 0.29) is 0 Å². The third kappa shape index (κ3) is 2.26. The molecule has 0 bridgehead atoms. The van der Waals surface area contributed by atoms with Crippen LogP contribution in [-0.2, 0) is 16.6 Å². The van der Waals surface area contributed by atoms with E-state index < -0.39 is 10.0 Å². The monoisotopic (exact) mass is 242 g/mol. The van der Waals surface area contributed by atoms with Crippen LogP contribution in [0.25, 0.3) is 0 Å². The van der Waals surface area contributed by atoms with Gasteiger partial charge >= 0.3 is 0 Å². The van der Waals surface area contributed by atoms with Crippen LogP contribution >= 0.6 is 0 Å². The zero-order valence-corrected chi connectivity index (χ0v) is 10.7. The first-order valence-corrected chi connectivity index (χ1v) is 6.64. The van der Waals surface area contributed by atoms with Gasteiger partial charge in [0.25, 0.3) is 0 Å². The standard InChI is InChI=1S/C11H18N2O2S/c1-4-13(3)16(14,15)11-7-5-6-10(8-12)9(11)2/h5-7H,4,8,12H2,1-3H3. The molecule has 0 radical (unpaired) electrons. The van der Waals surface area contributed by atoms with E-state index in [1.54, 1.807) is 33.0 Å². The van der Waals surface area contributed by atoms with E-state index in [1.807, 2.05) is 6.07 Å². The van der Waals surface area contributed by atoms with Crippen molar-refractivity contribution in [2.24, 2.45) is 5.73 Å². The molecule has 0 fully saturated rings. The van der Waals surface area contributed by atoms with Crippen LogP contribution in [-0.4, -0.2) is 26.3 Å². The fourth-order valence-electron chi connectivity index (χ4n) is 1.50. The minimum absolute atomic E-state index is 0.347. The van der Waals surface area contributed by atoms with E-state index in [2.05, 4.69) is 0 Å². The summed E-state index contributed by atoms with van der Waals surface area (Å²) in [7, 11) is -1.80. The highest BCUT2D eigenvalue weighted by Gasteiger charge is 2.21. The van der Waals surface area contributed by atoms with Crippen LogP contribution in [0.2, 0.25) is 0 Å². The largest absolute Gasteiger partial charge is 0.326 e. The first-order chi connectivity index (χ1) is 7.45. The van der Waals surface area contributed by atoms with Gasteiger partial charge in [0, 0.05) is 20.1 Å². The molecule has 4 nitrogen and oxygen atoms in total. The van der Waals surface area contributed by atoms with Crippen LogP contribution in [0.15, 0.2) is 23.1 Å². The maximum absolute atomic E-state index is 12.1. The summed E-state index contributed by atoms with van der Waals surface area (Å²) in [4.78, 5) is 0.347. The first kappa shape index (κ1) is 13.2. The zero-order chi connectivity index (χ0) is 12.3. The highest BCUT2D eigenvalue weighted by molar-refractivity contribution is 7.89. The highest BCUT2D eigenvalue weighted by Crippen LogP contribution is 2.21. The maximum atomic E-state index is 12.1. The lowest BCUT2D eigenvalue weighted by molar-refractivity contribution is 0.485. The number of nitrogens with two attached hydrogens (primary N) is 1. The van der Waals surface area contributed by atoms with Crippen LogP contribution in [0.3, 0.4) is 0 Å². The van der Waals surface area contributed by atoms with Gasteiger partial charge in [-0.15, -0.1) is 0 Å². The van der Waals surface area contributed by atoms with Gasteiger partial charge in [-0.2, -0.15) is 0 Å². The molecule has 0 aliphatic carbocycles. The van der Waals surface area contributed by atoms with E-state index in [9.17, 15) is 8.42 Å². The fourth-order valence-corrected chi connectivity index (χ4v) is 2.94. The van der Waals surface area contributed by atoms with E-state index >= 15 is 0 Å². The quantitative estimate of drug-likeness (QED) is 0.859. The summed E-state index contributed by atoms with van der Waals surface area (Å²) in [6.07, 6.45) is 0. The Labute approximate surface area is 97.1 Å². The van der Waals surface area contributed by atoms with Gasteiger partial charge in [0.2, 0.25) is 10.0 Å². The van der Waals surface area contributed by atoms with Crippen LogP contribution in [0, 0.1) is 6.92 Å². The van der Waals surface area contributed by atoms with Crippen LogP contribution in [0.5, 0.6) is 0 Å². The SMILES string of the molecule is CCN(C)S(=O)(=O)c1cccc(CN)c1C. The summed E-state index contributed by atoms with van der Waals surface area (Å²) >= 11 is 0. The second kappa shape index (κ2) is 4.95. The second-order valence-electron chi connectivity index (χ2n) is 3.66. The summed E-state index contributed by atoms with van der Waals surface area (Å²) in [6.45, 7) is 4.40. The van der Waals surface area contributed by atoms with Crippen molar-refractivity contribution in [3.05, 3.63) is 29.3 Å². The fraction of sp³-hybridized carbons (Fsp3) is 0.455. The molecule has 16 heavy (non-hydrogen) atoms. The molecule has 0 atom stereocenters. The number of hydrogen-bond acceptors (Lipinski definition) is 3. The minimum Gasteiger partial charge on any atom is -0.326 e. The van der Waals surface area contributed by atoms with Crippen molar-refractivity contribution in [1.29, 1.82) is 0 Å². The van der Waals surface area contributed by atoms with Crippen molar-refractivity contribution in [2.75, 3.05) is 13.6 Å². The molecular weight excluding hydrogens is 224 g/mol. The van der Waals surface area contributed by atoms with Crippen molar-refractivity contribution in [3.63, 3.8) is 0 Å². The van der Waals surface area contributed by atoms with Gasteiger partial charge in [-0.3, -0.25) is 0 Å². The Bertz CT molecular complexity index is 469. The minimum atomic E-state index is -3.37. The predicted octanol–water partition coefficient (Wildman–Crippen LogP) is 1.09. The average molecular weight is 242 g/mol. The summed E-state index contributed by atoms with van der Waals surface area (Å²) in [5.41, 5.74) is 7.17. The number of sulfonamides is 1. The zero-order valence-electron chi connectivity index (χ0n) is 9.90. The molecule has 1 aromatic rings. The Kier molecular flexibility index (Phi) is 4.07. The van der Waals surface area contributed by atoms with E-state index in [1.165, 1.54) is 4.31 Å². The van der Waals surface area contributed by atoms with Crippen LogP contribution < -0.4 is 5.73 Å². The third-order valence-corrected chi connectivity index (χ3v) is 4.83. The predicted molar refractivity (Wildman–Crippen MR) is 64.6 cm³/mol. The summed E-state index contributed by atoms with van der Waals surface area (Å²) in [6, 6.07) is 5.20. The van der Waals surface area contributed by atoms with Crippen molar-refractivity contribution in [2.45, 2.75) is 25.3 Å². The van der Waals surface area contributed by atoms with Gasteiger partial charge < -0.3 is 5.73 Å². The summed E-state index contributed by atoms with van der Waals surface area (Å²) in [5.74, 6) is 0. The number of hydrogen-bond donors (Lipinski definition) is 1. The van der Waals surface area contributed by atoms with E-state index in [0.29, 0.717) is 18.0 Å². The molecule has 0 saturated heterocycles. The Morgan fingerprint density at radius 2 is 2.00 bits per heavy atom. The molecule has 90 valence electrons. The average Bonchev–Trinajstić information content (AvgIpc) is 2.27. The summed E-state index contributed by atoms with van der Waals surface area (Å²) < 4.78 is 25.6. The number of nitrogens with zero attached hydrogens (tertiary/aromatic N) is 1. The molecule has 0 heterocycles. The molecule has 5 heteroatoms. The highest BCUT2D eigenvalue weighted by atomic mass is 32.2. The molecule has 0 amide bonds. The second-order valence-corrected chi connectivity index (χ2v) is 5.68. The van der Waals surface area contributed by atoms with Crippen LogP contribution in [0.1, 0.15) is 18.1 Å². The topological polar surface area (TPSA) is 63.4 Å². The lowest BCUT2D eigenvalue weighted by atomic mass is 10.1. The summed E-state index contributed by atoms with van der Waals surface area (Å²) in [5, 5.41) is 0.